The van der Waals surface area contributed by atoms with Crippen LogP contribution < -0.4 is 5.43 Å². The predicted octanol–water partition coefficient (Wildman–Crippen LogP) is 2.91. The Balaban J connectivity index is 2.02. The van der Waals surface area contributed by atoms with Gasteiger partial charge in [0, 0.05) is 4.88 Å². The number of phenolic OH excluding ortho intramolecular Hbond substituents is 1. The van der Waals surface area contributed by atoms with Gasteiger partial charge in [-0.3, -0.25) is 5.43 Å². The highest BCUT2D eigenvalue weighted by Crippen LogP contribution is 2.20. The Labute approximate surface area is 104 Å². The number of hydrogen-bond acceptors (Lipinski definition) is 5. The molecule has 2 N–H and O–H groups in total. The first-order valence-electron chi connectivity index (χ1n) is 5.17. The van der Waals surface area contributed by atoms with Crippen molar-refractivity contribution in [2.75, 3.05) is 5.43 Å². The Hall–Kier alpha value is -1.88. The molecule has 0 saturated heterocycles. The number of phenols is 1. The number of aromatic nitrogens is 1. The molecule has 0 aliphatic heterocycles. The molecule has 0 aliphatic rings. The quantitative estimate of drug-likeness (QED) is 0.647. The number of aryl methyl sites for hydroxylation is 2. The van der Waals surface area contributed by atoms with Gasteiger partial charge in [-0.2, -0.15) is 5.10 Å². The molecule has 2 rings (SSSR count). The molecular weight excluding hydrogens is 234 g/mol. The Morgan fingerprint density at radius 2 is 2.24 bits per heavy atom. The third kappa shape index (κ3) is 3.04. The van der Waals surface area contributed by atoms with E-state index in [0.717, 1.165) is 16.4 Å². The van der Waals surface area contributed by atoms with E-state index in [0.29, 0.717) is 0 Å². The van der Waals surface area contributed by atoms with Crippen LogP contribution in [0.3, 0.4) is 0 Å². The normalized spacial score (nSPS) is 10.9. The molecule has 4 nitrogen and oxygen atoms in total. The summed E-state index contributed by atoms with van der Waals surface area (Å²) in [6.07, 6.45) is 1.64. The molecule has 0 fully saturated rings. The molecule has 88 valence electrons. The maximum absolute atomic E-state index is 9.28. The van der Waals surface area contributed by atoms with Gasteiger partial charge in [-0.25, -0.2) is 4.98 Å². The van der Waals surface area contributed by atoms with Gasteiger partial charge < -0.3 is 5.11 Å². The molecule has 0 amide bonds. The summed E-state index contributed by atoms with van der Waals surface area (Å²) in [4.78, 5) is 5.48. The van der Waals surface area contributed by atoms with Crippen LogP contribution in [0.4, 0.5) is 5.13 Å². The van der Waals surface area contributed by atoms with E-state index in [-0.39, 0.29) is 5.75 Å². The third-order valence-corrected chi connectivity index (χ3v) is 3.25. The number of nitrogens with one attached hydrogen (secondary N) is 1. The van der Waals surface area contributed by atoms with E-state index in [2.05, 4.69) is 15.5 Å². The number of hydrogen-bond donors (Lipinski definition) is 2. The number of rotatable bonds is 3. The van der Waals surface area contributed by atoms with Gasteiger partial charge in [0.25, 0.3) is 0 Å². The molecule has 0 unspecified atom stereocenters. The van der Waals surface area contributed by atoms with Crippen LogP contribution in [0.1, 0.15) is 16.1 Å². The van der Waals surface area contributed by atoms with E-state index in [4.69, 9.17) is 0 Å². The molecule has 0 saturated carbocycles. The average molecular weight is 247 g/mol. The standard InChI is InChI=1S/C12H13N3OS/c1-8-9(2)17-12(14-8)15-13-7-10-4-3-5-11(16)6-10/h3-7,16H,1-2H3,(H,14,15)/b13-7-. The fourth-order valence-corrected chi connectivity index (χ4v) is 2.05. The van der Waals surface area contributed by atoms with Crippen LogP contribution >= 0.6 is 11.3 Å². The average Bonchev–Trinajstić information content (AvgIpc) is 2.58. The van der Waals surface area contributed by atoms with E-state index >= 15 is 0 Å². The van der Waals surface area contributed by atoms with Crippen molar-refractivity contribution >= 4 is 22.7 Å². The molecule has 1 aromatic carbocycles. The first-order chi connectivity index (χ1) is 8.15. The smallest absolute Gasteiger partial charge is 0.203 e. The summed E-state index contributed by atoms with van der Waals surface area (Å²) in [5, 5.41) is 14.1. The molecule has 5 heteroatoms. The molecule has 0 aliphatic carbocycles. The maximum atomic E-state index is 9.28. The predicted molar refractivity (Wildman–Crippen MR) is 70.9 cm³/mol. The van der Waals surface area contributed by atoms with Crippen LogP contribution in [0.5, 0.6) is 5.75 Å². The van der Waals surface area contributed by atoms with Crippen LogP contribution in [0.2, 0.25) is 0 Å². The minimum atomic E-state index is 0.231. The third-order valence-electron chi connectivity index (χ3n) is 2.27. The summed E-state index contributed by atoms with van der Waals surface area (Å²) in [6.45, 7) is 3.99. The van der Waals surface area contributed by atoms with Crippen LogP contribution in [-0.2, 0) is 0 Å². The van der Waals surface area contributed by atoms with Gasteiger partial charge >= 0.3 is 0 Å². The Bertz CT molecular complexity index is 529. The molecular formula is C12H13N3OS. The number of benzene rings is 1. The van der Waals surface area contributed by atoms with Crippen molar-refractivity contribution in [3.05, 3.63) is 40.4 Å². The second-order valence-corrected chi connectivity index (χ2v) is 4.83. The summed E-state index contributed by atoms with van der Waals surface area (Å²) in [6, 6.07) is 6.90. The zero-order valence-corrected chi connectivity index (χ0v) is 10.5. The van der Waals surface area contributed by atoms with Gasteiger partial charge in [-0.1, -0.05) is 12.1 Å². The second-order valence-electron chi connectivity index (χ2n) is 3.63. The Morgan fingerprint density at radius 3 is 2.88 bits per heavy atom. The Kier molecular flexibility index (Phi) is 3.39. The number of nitrogens with zero attached hydrogens (tertiary/aromatic N) is 2. The summed E-state index contributed by atoms with van der Waals surface area (Å²) in [7, 11) is 0. The van der Waals surface area contributed by atoms with Crippen LogP contribution in [0, 0.1) is 13.8 Å². The monoisotopic (exact) mass is 247 g/mol. The van der Waals surface area contributed by atoms with Crippen molar-refractivity contribution < 1.29 is 5.11 Å². The second kappa shape index (κ2) is 4.97. The van der Waals surface area contributed by atoms with Crippen LogP contribution in [-0.4, -0.2) is 16.3 Å². The molecule has 0 radical (unpaired) electrons. The molecule has 0 bridgehead atoms. The van der Waals surface area contributed by atoms with Gasteiger partial charge in [-0.15, -0.1) is 11.3 Å². The first-order valence-corrected chi connectivity index (χ1v) is 5.99. The Morgan fingerprint density at radius 1 is 1.41 bits per heavy atom. The van der Waals surface area contributed by atoms with Crippen LogP contribution in [0.25, 0.3) is 0 Å². The number of aromatic hydroxyl groups is 1. The highest BCUT2D eigenvalue weighted by Gasteiger charge is 2.00. The maximum Gasteiger partial charge on any atom is 0.203 e. The SMILES string of the molecule is Cc1nc(N/N=C\c2cccc(O)c2)sc1C. The largest absolute Gasteiger partial charge is 0.508 e. The lowest BCUT2D eigenvalue weighted by molar-refractivity contribution is 0.475. The first kappa shape index (κ1) is 11.6. The van der Waals surface area contributed by atoms with Crippen molar-refractivity contribution in [3.63, 3.8) is 0 Å². The van der Waals surface area contributed by atoms with E-state index in [1.165, 1.54) is 4.88 Å². The summed E-state index contributed by atoms with van der Waals surface area (Å²) in [5.41, 5.74) is 4.72. The van der Waals surface area contributed by atoms with Crippen LogP contribution in [0.15, 0.2) is 29.4 Å². The number of thiazole rings is 1. The van der Waals surface area contributed by atoms with Crippen molar-refractivity contribution in [2.45, 2.75) is 13.8 Å². The number of anilines is 1. The summed E-state index contributed by atoms with van der Waals surface area (Å²) in [5.74, 6) is 0.231. The fraction of sp³-hybridized carbons (Fsp3) is 0.167. The van der Waals surface area contributed by atoms with Gasteiger partial charge in [-0.05, 0) is 31.5 Å². The number of hydrazone groups is 1. The molecule has 17 heavy (non-hydrogen) atoms. The van der Waals surface area contributed by atoms with Gasteiger partial charge in [0.2, 0.25) is 5.13 Å². The van der Waals surface area contributed by atoms with Crippen molar-refractivity contribution in [3.8, 4) is 5.75 Å². The molecule has 1 heterocycles. The lowest BCUT2D eigenvalue weighted by Crippen LogP contribution is -1.89. The van der Waals surface area contributed by atoms with E-state index in [1.54, 1.807) is 35.8 Å². The van der Waals surface area contributed by atoms with E-state index < -0.39 is 0 Å². The van der Waals surface area contributed by atoms with Crippen molar-refractivity contribution in [2.24, 2.45) is 5.10 Å². The molecule has 2 aromatic rings. The highest BCUT2D eigenvalue weighted by atomic mass is 32.1. The van der Waals surface area contributed by atoms with Gasteiger partial charge in [0.05, 0.1) is 11.9 Å². The summed E-state index contributed by atoms with van der Waals surface area (Å²) >= 11 is 1.57. The highest BCUT2D eigenvalue weighted by molar-refractivity contribution is 7.15. The summed E-state index contributed by atoms with van der Waals surface area (Å²) < 4.78 is 0. The van der Waals surface area contributed by atoms with E-state index in [9.17, 15) is 5.11 Å². The minimum absolute atomic E-state index is 0.231. The van der Waals surface area contributed by atoms with Crippen molar-refractivity contribution in [1.29, 1.82) is 0 Å². The van der Waals surface area contributed by atoms with Gasteiger partial charge in [0.1, 0.15) is 5.75 Å². The molecule has 0 atom stereocenters. The molecule has 1 aromatic heterocycles. The van der Waals surface area contributed by atoms with Crippen molar-refractivity contribution in [1.82, 2.24) is 4.98 Å². The van der Waals surface area contributed by atoms with E-state index in [1.807, 2.05) is 19.9 Å². The minimum Gasteiger partial charge on any atom is -0.508 e. The zero-order chi connectivity index (χ0) is 12.3. The topological polar surface area (TPSA) is 57.5 Å². The zero-order valence-electron chi connectivity index (χ0n) is 9.64. The molecule has 0 spiro atoms. The van der Waals surface area contributed by atoms with Gasteiger partial charge in [0.15, 0.2) is 0 Å². The lowest BCUT2D eigenvalue weighted by atomic mass is 10.2. The fourth-order valence-electron chi connectivity index (χ4n) is 1.29. The lowest BCUT2D eigenvalue weighted by Gasteiger charge is -1.95.